The maximum Gasteiger partial charge on any atom is 0.408 e. The maximum atomic E-state index is 13.8. The van der Waals surface area contributed by atoms with Gasteiger partial charge in [-0.05, 0) is 25.5 Å². The molecular weight excluding hydrogens is 415 g/mol. The van der Waals surface area contributed by atoms with Crippen molar-refractivity contribution in [3.05, 3.63) is 46.5 Å². The third-order valence-electron chi connectivity index (χ3n) is 5.44. The van der Waals surface area contributed by atoms with Crippen LogP contribution >= 0.6 is 0 Å². The minimum atomic E-state index is -4.59. The van der Waals surface area contributed by atoms with Gasteiger partial charge in [-0.2, -0.15) is 18.2 Å². The number of morpholine rings is 1. The van der Waals surface area contributed by atoms with E-state index in [1.165, 1.54) is 22.9 Å². The number of ketones is 1. The van der Waals surface area contributed by atoms with Gasteiger partial charge in [-0.25, -0.2) is 0 Å². The summed E-state index contributed by atoms with van der Waals surface area (Å²) in [6.45, 7) is 2.51. The number of anilines is 2. The Morgan fingerprint density at radius 2 is 2.10 bits per heavy atom. The molecule has 0 aromatic carbocycles. The summed E-state index contributed by atoms with van der Waals surface area (Å²) in [5.41, 5.74) is -0.392. The van der Waals surface area contributed by atoms with Crippen LogP contribution in [0.5, 0.6) is 0 Å². The molecule has 0 N–H and O–H groups in total. The molecule has 2 aliphatic rings. The Labute approximate surface area is 176 Å². The zero-order valence-electron chi connectivity index (χ0n) is 16.9. The summed E-state index contributed by atoms with van der Waals surface area (Å²) in [4.78, 5) is 36.5. The molecule has 1 saturated heterocycles. The molecule has 4 heterocycles. The van der Waals surface area contributed by atoms with Crippen molar-refractivity contribution in [2.24, 2.45) is 0 Å². The fraction of sp³-hybridized carbons (Fsp3) is 0.500. The van der Waals surface area contributed by atoms with Crippen molar-refractivity contribution < 1.29 is 22.7 Å². The highest BCUT2D eigenvalue weighted by Gasteiger charge is 2.47. The van der Waals surface area contributed by atoms with Gasteiger partial charge < -0.3 is 14.5 Å². The molecule has 1 fully saturated rings. The minimum absolute atomic E-state index is 0.0565. The Kier molecular flexibility index (Phi) is 5.69. The standard InChI is InChI=1S/C20H22F3N5O3/c1-13-11-26(8-9-31-13)17-10-18(30)27-7-5-16(20(21,22)23)28(19(27)25-17)12-15(29)14-4-2-3-6-24-14/h2-4,6,10,13,16H,5,7-9,11-12H2,1H3/t13?,16-/m0/s1. The van der Waals surface area contributed by atoms with Gasteiger partial charge in [-0.15, -0.1) is 0 Å². The van der Waals surface area contributed by atoms with Crippen LogP contribution in [0.25, 0.3) is 0 Å². The average Bonchev–Trinajstić information content (AvgIpc) is 2.73. The van der Waals surface area contributed by atoms with E-state index in [2.05, 4.69) is 9.97 Å². The second-order valence-electron chi connectivity index (χ2n) is 7.64. The van der Waals surface area contributed by atoms with E-state index in [0.29, 0.717) is 19.7 Å². The summed E-state index contributed by atoms with van der Waals surface area (Å²) < 4.78 is 48.2. The minimum Gasteiger partial charge on any atom is -0.375 e. The van der Waals surface area contributed by atoms with Crippen molar-refractivity contribution in [1.82, 2.24) is 14.5 Å². The smallest absolute Gasteiger partial charge is 0.375 e. The van der Waals surface area contributed by atoms with E-state index in [1.54, 1.807) is 12.1 Å². The molecule has 0 amide bonds. The molecule has 11 heteroatoms. The second kappa shape index (κ2) is 8.29. The Morgan fingerprint density at radius 3 is 2.77 bits per heavy atom. The highest BCUT2D eigenvalue weighted by molar-refractivity contribution is 5.97. The Bertz CT molecular complexity index is 1010. The van der Waals surface area contributed by atoms with E-state index in [4.69, 9.17) is 4.74 Å². The van der Waals surface area contributed by atoms with Crippen LogP contribution in [-0.2, 0) is 11.3 Å². The summed E-state index contributed by atoms with van der Waals surface area (Å²) in [6, 6.07) is 4.05. The number of rotatable bonds is 4. The van der Waals surface area contributed by atoms with Gasteiger partial charge in [0.1, 0.15) is 17.6 Å². The zero-order chi connectivity index (χ0) is 22.2. The molecule has 166 valence electrons. The molecule has 2 aromatic rings. The van der Waals surface area contributed by atoms with Gasteiger partial charge in [0.15, 0.2) is 5.78 Å². The first-order valence-electron chi connectivity index (χ1n) is 10.00. The molecule has 0 aliphatic carbocycles. The van der Waals surface area contributed by atoms with E-state index in [1.807, 2.05) is 11.8 Å². The van der Waals surface area contributed by atoms with Gasteiger partial charge >= 0.3 is 6.18 Å². The Hall–Kier alpha value is -2.95. The number of fused-ring (bicyclic) bond motifs is 1. The fourth-order valence-electron chi connectivity index (χ4n) is 3.93. The molecule has 31 heavy (non-hydrogen) atoms. The molecule has 4 rings (SSSR count). The lowest BCUT2D eigenvalue weighted by Gasteiger charge is -2.39. The lowest BCUT2D eigenvalue weighted by atomic mass is 10.1. The van der Waals surface area contributed by atoms with Crippen molar-refractivity contribution in [2.75, 3.05) is 36.0 Å². The number of hydrogen-bond donors (Lipinski definition) is 0. The van der Waals surface area contributed by atoms with Crippen LogP contribution in [0.2, 0.25) is 0 Å². The summed E-state index contributed by atoms with van der Waals surface area (Å²) in [5.74, 6) is -0.452. The number of carbonyl (C=O) groups excluding carboxylic acids is 1. The summed E-state index contributed by atoms with van der Waals surface area (Å²) in [5, 5.41) is 0. The number of Topliss-reactive ketones (excluding diaryl/α,β-unsaturated/α-hetero) is 1. The SMILES string of the molecule is CC1CN(c2cc(=O)n3c(n2)N(CC(=O)c2ccccn2)[C@H](C(F)(F)F)CC3)CCO1. The van der Waals surface area contributed by atoms with Crippen LogP contribution in [0, 0.1) is 0 Å². The van der Waals surface area contributed by atoms with Gasteiger partial charge in [-0.1, -0.05) is 6.07 Å². The summed E-state index contributed by atoms with van der Waals surface area (Å²) in [6.07, 6.45) is -3.63. The van der Waals surface area contributed by atoms with E-state index in [-0.39, 0.29) is 36.5 Å². The highest BCUT2D eigenvalue weighted by Crippen LogP contribution is 2.34. The molecule has 0 spiro atoms. The van der Waals surface area contributed by atoms with Crippen molar-refractivity contribution in [2.45, 2.75) is 38.2 Å². The predicted molar refractivity (Wildman–Crippen MR) is 106 cm³/mol. The van der Waals surface area contributed by atoms with Crippen LogP contribution in [0.4, 0.5) is 24.9 Å². The van der Waals surface area contributed by atoms with Crippen molar-refractivity contribution in [1.29, 1.82) is 0 Å². The van der Waals surface area contributed by atoms with E-state index < -0.39 is 30.1 Å². The Balaban J connectivity index is 1.74. The lowest BCUT2D eigenvalue weighted by Crippen LogP contribution is -2.54. The first-order chi connectivity index (χ1) is 14.7. The monoisotopic (exact) mass is 437 g/mol. The Morgan fingerprint density at radius 1 is 1.29 bits per heavy atom. The maximum absolute atomic E-state index is 13.8. The summed E-state index contributed by atoms with van der Waals surface area (Å²) >= 11 is 0. The van der Waals surface area contributed by atoms with Crippen molar-refractivity contribution >= 4 is 17.5 Å². The number of aromatic nitrogens is 3. The summed E-state index contributed by atoms with van der Waals surface area (Å²) in [7, 11) is 0. The zero-order valence-corrected chi connectivity index (χ0v) is 16.9. The van der Waals surface area contributed by atoms with Crippen LogP contribution < -0.4 is 15.4 Å². The van der Waals surface area contributed by atoms with Gasteiger partial charge in [0, 0.05) is 31.9 Å². The van der Waals surface area contributed by atoms with E-state index >= 15 is 0 Å². The largest absolute Gasteiger partial charge is 0.408 e. The number of alkyl halides is 3. The molecule has 0 bridgehead atoms. The quantitative estimate of drug-likeness (QED) is 0.676. The normalized spacial score (nSPS) is 21.7. The van der Waals surface area contributed by atoms with Crippen LogP contribution in [0.15, 0.2) is 35.3 Å². The van der Waals surface area contributed by atoms with Crippen LogP contribution in [-0.4, -0.2) is 64.9 Å². The van der Waals surface area contributed by atoms with Crippen molar-refractivity contribution in [3.63, 3.8) is 0 Å². The molecule has 2 aromatic heterocycles. The number of halogens is 3. The second-order valence-corrected chi connectivity index (χ2v) is 7.64. The third-order valence-corrected chi connectivity index (χ3v) is 5.44. The van der Waals surface area contributed by atoms with E-state index in [9.17, 15) is 22.8 Å². The lowest BCUT2D eigenvalue weighted by molar-refractivity contribution is -0.152. The van der Waals surface area contributed by atoms with Crippen molar-refractivity contribution in [3.8, 4) is 0 Å². The van der Waals surface area contributed by atoms with Crippen LogP contribution in [0.1, 0.15) is 23.8 Å². The average molecular weight is 437 g/mol. The number of ether oxygens (including phenoxy) is 1. The predicted octanol–water partition coefficient (Wildman–Crippen LogP) is 1.89. The van der Waals surface area contributed by atoms with E-state index in [0.717, 1.165) is 4.90 Å². The van der Waals surface area contributed by atoms with Gasteiger partial charge in [0.05, 0.1) is 19.3 Å². The molecule has 0 radical (unpaired) electrons. The highest BCUT2D eigenvalue weighted by atomic mass is 19.4. The van der Waals surface area contributed by atoms with Gasteiger partial charge in [-0.3, -0.25) is 19.1 Å². The number of carbonyl (C=O) groups is 1. The molecule has 8 nitrogen and oxygen atoms in total. The number of nitrogens with zero attached hydrogens (tertiary/aromatic N) is 5. The molecule has 0 saturated carbocycles. The molecule has 1 unspecified atom stereocenters. The topological polar surface area (TPSA) is 80.6 Å². The van der Waals surface area contributed by atoms with Gasteiger partial charge in [0.25, 0.3) is 5.56 Å². The first kappa shape index (κ1) is 21.3. The van der Waals surface area contributed by atoms with Gasteiger partial charge in [0.2, 0.25) is 5.95 Å². The molecular formula is C20H22F3N5O3. The number of hydrogen-bond acceptors (Lipinski definition) is 7. The van der Waals surface area contributed by atoms with Crippen LogP contribution in [0.3, 0.4) is 0 Å². The first-order valence-corrected chi connectivity index (χ1v) is 10.00. The third kappa shape index (κ3) is 4.41. The molecule has 2 aliphatic heterocycles. The number of pyridine rings is 1. The molecule has 2 atom stereocenters. The fourth-order valence-corrected chi connectivity index (χ4v) is 3.93.